The summed E-state index contributed by atoms with van der Waals surface area (Å²) in [5.74, 6) is -2.38. The summed E-state index contributed by atoms with van der Waals surface area (Å²) in [5, 5.41) is 17.2. The Labute approximate surface area is 102 Å². The number of carboxylic acid groups (broad SMARTS) is 2. The molecular formula is C10H10O7S. The number of benzene rings is 1. The zero-order chi connectivity index (χ0) is 13.9. The number of rotatable bonds is 5. The molecule has 0 radical (unpaired) electrons. The van der Waals surface area contributed by atoms with Crippen LogP contribution in [0, 0.1) is 0 Å². The van der Waals surface area contributed by atoms with E-state index < -0.39 is 39.8 Å². The van der Waals surface area contributed by atoms with Crippen molar-refractivity contribution in [2.75, 3.05) is 0 Å². The summed E-state index contributed by atoms with van der Waals surface area (Å²) >= 11 is 0. The molecule has 0 unspecified atom stereocenters. The van der Waals surface area contributed by atoms with E-state index >= 15 is 0 Å². The molecule has 0 heterocycles. The Morgan fingerprint density at radius 1 is 0.944 bits per heavy atom. The monoisotopic (exact) mass is 274 g/mol. The number of carbonyl (C=O) groups is 2. The lowest BCUT2D eigenvalue weighted by Gasteiger charge is -2.05. The van der Waals surface area contributed by atoms with Gasteiger partial charge in [-0.3, -0.25) is 14.1 Å². The van der Waals surface area contributed by atoms with Gasteiger partial charge in [0.15, 0.2) is 0 Å². The molecule has 0 fully saturated rings. The lowest BCUT2D eigenvalue weighted by Crippen LogP contribution is -2.07. The van der Waals surface area contributed by atoms with Crippen LogP contribution in [0.5, 0.6) is 0 Å². The van der Waals surface area contributed by atoms with Crippen LogP contribution in [0.25, 0.3) is 0 Å². The minimum atomic E-state index is -4.51. The van der Waals surface area contributed by atoms with Crippen LogP contribution in [0.4, 0.5) is 0 Å². The largest absolute Gasteiger partial charge is 0.481 e. The first kappa shape index (κ1) is 14.1. The van der Waals surface area contributed by atoms with Gasteiger partial charge < -0.3 is 10.2 Å². The van der Waals surface area contributed by atoms with Gasteiger partial charge in [0.2, 0.25) is 0 Å². The molecular weight excluding hydrogens is 264 g/mol. The van der Waals surface area contributed by atoms with Gasteiger partial charge in [-0.25, -0.2) is 0 Å². The molecule has 0 atom stereocenters. The fourth-order valence-electron chi connectivity index (χ4n) is 1.43. The highest BCUT2D eigenvalue weighted by Crippen LogP contribution is 2.16. The van der Waals surface area contributed by atoms with Gasteiger partial charge in [0, 0.05) is 0 Å². The average Bonchev–Trinajstić information content (AvgIpc) is 2.13. The smallest absolute Gasteiger partial charge is 0.307 e. The molecule has 98 valence electrons. The molecule has 1 rings (SSSR count). The summed E-state index contributed by atoms with van der Waals surface area (Å²) < 4.78 is 30.8. The van der Waals surface area contributed by atoms with Crippen molar-refractivity contribution < 1.29 is 32.8 Å². The molecule has 0 spiro atoms. The summed E-state index contributed by atoms with van der Waals surface area (Å²) in [5.41, 5.74) is 0.211. The SMILES string of the molecule is O=C(O)Cc1cc(CC(=O)O)cc(S(=O)(=O)O)c1. The van der Waals surface area contributed by atoms with Crippen molar-refractivity contribution in [1.29, 1.82) is 0 Å². The Morgan fingerprint density at radius 2 is 1.33 bits per heavy atom. The molecule has 1 aromatic carbocycles. The molecule has 0 amide bonds. The lowest BCUT2D eigenvalue weighted by molar-refractivity contribution is -0.137. The van der Waals surface area contributed by atoms with Crippen molar-refractivity contribution in [2.24, 2.45) is 0 Å². The minimum absolute atomic E-state index is 0.105. The predicted octanol–water partition coefficient (Wildman–Crippen LogP) is 0.188. The van der Waals surface area contributed by atoms with E-state index in [1.54, 1.807) is 0 Å². The summed E-state index contributed by atoms with van der Waals surface area (Å²) in [6.45, 7) is 0. The number of hydrogen-bond acceptors (Lipinski definition) is 4. The van der Waals surface area contributed by atoms with Gasteiger partial charge in [0.1, 0.15) is 0 Å². The molecule has 3 N–H and O–H groups in total. The van der Waals surface area contributed by atoms with Crippen molar-refractivity contribution in [3.05, 3.63) is 29.3 Å². The van der Waals surface area contributed by atoms with Crippen LogP contribution >= 0.6 is 0 Å². The quantitative estimate of drug-likeness (QED) is 0.653. The van der Waals surface area contributed by atoms with Crippen molar-refractivity contribution in [3.8, 4) is 0 Å². The molecule has 8 heteroatoms. The van der Waals surface area contributed by atoms with Gasteiger partial charge in [-0.15, -0.1) is 0 Å². The van der Waals surface area contributed by atoms with E-state index in [-0.39, 0.29) is 11.1 Å². The Hall–Kier alpha value is -1.93. The van der Waals surface area contributed by atoms with E-state index in [1.165, 1.54) is 6.07 Å². The average molecular weight is 274 g/mol. The molecule has 7 nitrogen and oxygen atoms in total. The number of carboxylic acids is 2. The van der Waals surface area contributed by atoms with Crippen LogP contribution < -0.4 is 0 Å². The fraction of sp³-hybridized carbons (Fsp3) is 0.200. The Balaban J connectivity index is 3.28. The highest BCUT2D eigenvalue weighted by Gasteiger charge is 2.14. The molecule has 0 aliphatic rings. The van der Waals surface area contributed by atoms with Gasteiger partial charge in [-0.2, -0.15) is 8.42 Å². The summed E-state index contributed by atoms with van der Waals surface area (Å²) in [4.78, 5) is 20.6. The van der Waals surface area contributed by atoms with Gasteiger partial charge >= 0.3 is 11.9 Å². The van der Waals surface area contributed by atoms with Gasteiger partial charge in [-0.05, 0) is 23.3 Å². The van der Waals surface area contributed by atoms with Crippen molar-refractivity contribution in [1.82, 2.24) is 0 Å². The van der Waals surface area contributed by atoms with E-state index in [2.05, 4.69) is 0 Å². The number of aliphatic carboxylic acids is 2. The first-order valence-electron chi connectivity index (χ1n) is 4.72. The molecule has 0 saturated heterocycles. The van der Waals surface area contributed by atoms with Crippen molar-refractivity contribution >= 4 is 22.1 Å². The third kappa shape index (κ3) is 4.15. The van der Waals surface area contributed by atoms with Crippen molar-refractivity contribution in [2.45, 2.75) is 17.7 Å². The third-order valence-electron chi connectivity index (χ3n) is 2.03. The Kier molecular flexibility index (Phi) is 4.04. The molecule has 0 aliphatic carbocycles. The molecule has 0 aliphatic heterocycles. The normalized spacial score (nSPS) is 11.2. The maximum Gasteiger partial charge on any atom is 0.307 e. The second kappa shape index (κ2) is 5.15. The topological polar surface area (TPSA) is 129 Å². The molecule has 0 bridgehead atoms. The maximum atomic E-state index is 11.0. The van der Waals surface area contributed by atoms with E-state index in [0.717, 1.165) is 12.1 Å². The van der Waals surface area contributed by atoms with E-state index in [1.807, 2.05) is 0 Å². The van der Waals surface area contributed by atoms with E-state index in [4.69, 9.17) is 14.8 Å². The Bertz CT molecular complexity index is 554. The summed E-state index contributed by atoms with van der Waals surface area (Å²) in [6, 6.07) is 3.26. The standard InChI is InChI=1S/C10H10O7S/c11-9(12)4-6-1-7(5-10(13)14)3-8(2-6)18(15,16)17/h1-3H,4-5H2,(H,11,12)(H,13,14)(H,15,16,17). The first-order valence-corrected chi connectivity index (χ1v) is 6.16. The summed E-state index contributed by atoms with van der Waals surface area (Å²) in [6.07, 6.45) is -0.925. The zero-order valence-electron chi connectivity index (χ0n) is 9.03. The molecule has 0 aromatic heterocycles. The van der Waals surface area contributed by atoms with Gasteiger partial charge in [0.25, 0.3) is 10.1 Å². The second-order valence-electron chi connectivity index (χ2n) is 3.60. The molecule has 18 heavy (non-hydrogen) atoms. The van der Waals surface area contributed by atoms with Crippen LogP contribution in [0.1, 0.15) is 11.1 Å². The van der Waals surface area contributed by atoms with Crippen LogP contribution in [-0.2, 0) is 32.5 Å². The highest BCUT2D eigenvalue weighted by molar-refractivity contribution is 7.85. The highest BCUT2D eigenvalue weighted by atomic mass is 32.2. The van der Waals surface area contributed by atoms with Crippen molar-refractivity contribution in [3.63, 3.8) is 0 Å². The minimum Gasteiger partial charge on any atom is -0.481 e. The summed E-state index contributed by atoms with van der Waals surface area (Å²) in [7, 11) is -4.51. The number of hydrogen-bond donors (Lipinski definition) is 3. The zero-order valence-corrected chi connectivity index (χ0v) is 9.85. The second-order valence-corrected chi connectivity index (χ2v) is 5.02. The van der Waals surface area contributed by atoms with Gasteiger partial charge in [-0.1, -0.05) is 6.07 Å². The fourth-order valence-corrected chi connectivity index (χ4v) is 2.03. The van der Waals surface area contributed by atoms with Crippen LogP contribution in [-0.4, -0.2) is 35.1 Å². The molecule has 0 saturated carbocycles. The third-order valence-corrected chi connectivity index (χ3v) is 2.87. The van der Waals surface area contributed by atoms with E-state index in [9.17, 15) is 18.0 Å². The lowest BCUT2D eigenvalue weighted by atomic mass is 10.1. The van der Waals surface area contributed by atoms with Gasteiger partial charge in [0.05, 0.1) is 17.7 Å². The van der Waals surface area contributed by atoms with Crippen LogP contribution in [0.15, 0.2) is 23.1 Å². The predicted molar refractivity (Wildman–Crippen MR) is 58.9 cm³/mol. The van der Waals surface area contributed by atoms with Crippen LogP contribution in [0.2, 0.25) is 0 Å². The first-order chi connectivity index (χ1) is 8.18. The maximum absolute atomic E-state index is 11.0. The van der Waals surface area contributed by atoms with E-state index in [0.29, 0.717) is 0 Å². The molecule has 1 aromatic rings. The Morgan fingerprint density at radius 3 is 1.61 bits per heavy atom. The van der Waals surface area contributed by atoms with Crippen LogP contribution in [0.3, 0.4) is 0 Å².